The Hall–Kier alpha value is -1.14. The first-order valence-corrected chi connectivity index (χ1v) is 10.6. The largest absolute Gasteiger partial charge is 0.462 e. The topological polar surface area (TPSA) is 60.4 Å². The van der Waals surface area contributed by atoms with Gasteiger partial charge >= 0.3 is 5.97 Å². The normalized spacial score (nSPS) is 25.4. The minimum absolute atomic E-state index is 0.0855. The molecule has 3 aliphatic carbocycles. The summed E-state index contributed by atoms with van der Waals surface area (Å²) in [7, 11) is -3.39. The van der Waals surface area contributed by atoms with Gasteiger partial charge in [-0.1, -0.05) is 25.5 Å². The molecule has 4 rings (SSSR count). The van der Waals surface area contributed by atoms with Gasteiger partial charge in [-0.05, 0) is 41.5 Å². The van der Waals surface area contributed by atoms with Crippen molar-refractivity contribution in [1.82, 2.24) is 0 Å². The maximum atomic E-state index is 12.1. The molecule has 1 saturated carbocycles. The van der Waals surface area contributed by atoms with Crippen LogP contribution in [0.4, 0.5) is 0 Å². The second kappa shape index (κ2) is 5.74. The fourth-order valence-corrected chi connectivity index (χ4v) is 5.85. The summed E-state index contributed by atoms with van der Waals surface area (Å²) in [5.74, 6) is 0.850. The third-order valence-corrected chi connectivity index (χ3v) is 8.19. The van der Waals surface area contributed by atoms with Crippen LogP contribution in [-0.2, 0) is 14.6 Å². The van der Waals surface area contributed by atoms with Gasteiger partial charge in [0.25, 0.3) is 0 Å². The average Bonchev–Trinajstić information content (AvgIpc) is 2.96. The SMILES string of the molecule is CC1(C)[C@H]2CC=C(CCOC(=O)c3ccsc3S(C)(=O)=O)[C@@H]1C2. The Balaban J connectivity index is 1.59. The Bertz CT molecular complexity index is 755. The van der Waals surface area contributed by atoms with Gasteiger partial charge in [0.15, 0.2) is 9.84 Å². The maximum absolute atomic E-state index is 12.1. The Morgan fingerprint density at radius 2 is 2.17 bits per heavy atom. The highest BCUT2D eigenvalue weighted by molar-refractivity contribution is 7.92. The summed E-state index contributed by atoms with van der Waals surface area (Å²) in [4.78, 5) is 12.1. The zero-order valence-corrected chi connectivity index (χ0v) is 15.3. The third kappa shape index (κ3) is 2.98. The van der Waals surface area contributed by atoms with E-state index >= 15 is 0 Å². The zero-order chi connectivity index (χ0) is 16.8. The molecular weight excluding hydrogens is 332 g/mol. The van der Waals surface area contributed by atoms with E-state index in [0.29, 0.717) is 17.9 Å². The van der Waals surface area contributed by atoms with E-state index in [1.165, 1.54) is 18.1 Å². The molecule has 1 aromatic rings. The summed E-state index contributed by atoms with van der Waals surface area (Å²) < 4.78 is 28.7. The van der Waals surface area contributed by atoms with Crippen LogP contribution in [0.1, 0.15) is 43.5 Å². The Labute approximate surface area is 141 Å². The molecule has 3 aliphatic rings. The molecule has 23 heavy (non-hydrogen) atoms. The lowest BCUT2D eigenvalue weighted by Gasteiger charge is -2.56. The minimum atomic E-state index is -3.39. The van der Waals surface area contributed by atoms with Crippen molar-refractivity contribution in [3.8, 4) is 0 Å². The highest BCUT2D eigenvalue weighted by Gasteiger charge is 2.50. The predicted octanol–water partition coefficient (Wildman–Crippen LogP) is 3.69. The summed E-state index contributed by atoms with van der Waals surface area (Å²) in [6.07, 6.45) is 6.51. The fourth-order valence-electron chi connectivity index (χ4n) is 3.83. The summed E-state index contributed by atoms with van der Waals surface area (Å²) in [5, 5.41) is 1.60. The first-order valence-electron chi connectivity index (χ1n) is 7.85. The second-order valence-corrected chi connectivity index (χ2v) is 10.2. The van der Waals surface area contributed by atoms with Gasteiger partial charge in [-0.3, -0.25) is 0 Å². The van der Waals surface area contributed by atoms with Gasteiger partial charge < -0.3 is 4.74 Å². The molecule has 1 fully saturated rings. The number of fused-ring (bicyclic) bond motifs is 1. The molecule has 0 radical (unpaired) electrons. The van der Waals surface area contributed by atoms with Gasteiger partial charge in [-0.15, -0.1) is 11.3 Å². The van der Waals surface area contributed by atoms with E-state index in [9.17, 15) is 13.2 Å². The number of thiophene rings is 1. The molecule has 2 bridgehead atoms. The smallest absolute Gasteiger partial charge is 0.340 e. The molecular formula is C17H22O4S2. The van der Waals surface area contributed by atoms with E-state index in [2.05, 4.69) is 19.9 Å². The number of esters is 1. The highest BCUT2D eigenvalue weighted by Crippen LogP contribution is 2.59. The highest BCUT2D eigenvalue weighted by atomic mass is 32.2. The van der Waals surface area contributed by atoms with Gasteiger partial charge in [-0.25, -0.2) is 13.2 Å². The summed E-state index contributed by atoms with van der Waals surface area (Å²) in [6, 6.07) is 1.52. The van der Waals surface area contributed by atoms with Gasteiger partial charge in [0.1, 0.15) is 4.21 Å². The number of carbonyl (C=O) groups is 1. The molecule has 4 nitrogen and oxygen atoms in total. The van der Waals surface area contributed by atoms with Gasteiger partial charge in [0.2, 0.25) is 0 Å². The lowest BCUT2D eigenvalue weighted by atomic mass is 9.48. The van der Waals surface area contributed by atoms with Crippen LogP contribution in [0.3, 0.4) is 0 Å². The van der Waals surface area contributed by atoms with Crippen molar-refractivity contribution in [2.45, 2.75) is 37.3 Å². The van der Waals surface area contributed by atoms with Crippen molar-refractivity contribution in [2.24, 2.45) is 17.3 Å². The summed E-state index contributed by atoms with van der Waals surface area (Å²) in [5.41, 5.74) is 1.91. The maximum Gasteiger partial charge on any atom is 0.340 e. The summed E-state index contributed by atoms with van der Waals surface area (Å²) >= 11 is 1.05. The van der Waals surface area contributed by atoms with E-state index in [-0.39, 0.29) is 9.77 Å². The molecule has 0 aromatic carbocycles. The molecule has 126 valence electrons. The van der Waals surface area contributed by atoms with Crippen molar-refractivity contribution >= 4 is 27.1 Å². The predicted molar refractivity (Wildman–Crippen MR) is 90.4 cm³/mol. The van der Waals surface area contributed by atoms with Crippen LogP contribution >= 0.6 is 11.3 Å². The van der Waals surface area contributed by atoms with Crippen LogP contribution in [0.15, 0.2) is 27.3 Å². The number of carbonyl (C=O) groups excluding carboxylic acids is 1. The molecule has 1 aromatic heterocycles. The number of hydrogen-bond acceptors (Lipinski definition) is 5. The molecule has 0 N–H and O–H groups in total. The molecule has 1 heterocycles. The zero-order valence-electron chi connectivity index (χ0n) is 13.7. The lowest BCUT2D eigenvalue weighted by Crippen LogP contribution is -2.48. The number of ether oxygens (including phenoxy) is 1. The summed E-state index contributed by atoms with van der Waals surface area (Å²) in [6.45, 7) is 4.93. The third-order valence-electron chi connectivity index (χ3n) is 5.39. The van der Waals surface area contributed by atoms with Gasteiger partial charge in [0.05, 0.1) is 12.2 Å². The number of hydrogen-bond donors (Lipinski definition) is 0. The monoisotopic (exact) mass is 354 g/mol. The quantitative estimate of drug-likeness (QED) is 0.598. The second-order valence-electron chi connectivity index (χ2n) is 7.10. The molecule has 0 saturated heterocycles. The van der Waals surface area contributed by atoms with Gasteiger partial charge in [0, 0.05) is 12.7 Å². The van der Waals surface area contributed by atoms with E-state index in [1.54, 1.807) is 5.38 Å². The Morgan fingerprint density at radius 1 is 1.43 bits per heavy atom. The van der Waals surface area contributed by atoms with E-state index in [1.807, 2.05) is 0 Å². The Morgan fingerprint density at radius 3 is 2.78 bits per heavy atom. The standard InChI is InChI=1S/C17H22O4S2/c1-17(2)12-5-4-11(14(17)10-12)6-8-21-15(18)13-7-9-22-16(13)23(3,19)20/h4,7,9,12,14H,5-6,8,10H2,1-3H3/t12-,14-/m0/s1. The van der Waals surface area contributed by atoms with Crippen LogP contribution in [-0.4, -0.2) is 27.2 Å². The first kappa shape index (κ1) is 16.7. The lowest BCUT2D eigenvalue weighted by molar-refractivity contribution is -0.0103. The van der Waals surface area contributed by atoms with Crippen LogP contribution in [0.2, 0.25) is 0 Å². The fraction of sp³-hybridized carbons (Fsp3) is 0.588. The van der Waals surface area contributed by atoms with E-state index in [0.717, 1.165) is 36.4 Å². The van der Waals surface area contributed by atoms with Crippen molar-refractivity contribution < 1.29 is 17.9 Å². The molecule has 0 aliphatic heterocycles. The first-order chi connectivity index (χ1) is 10.7. The van der Waals surface area contributed by atoms with Gasteiger partial charge in [-0.2, -0.15) is 0 Å². The van der Waals surface area contributed by atoms with Crippen LogP contribution in [0.25, 0.3) is 0 Å². The molecule has 6 heteroatoms. The number of sulfone groups is 1. The van der Waals surface area contributed by atoms with Crippen molar-refractivity contribution in [3.05, 3.63) is 28.7 Å². The molecule has 0 amide bonds. The van der Waals surface area contributed by atoms with Crippen molar-refractivity contribution in [3.63, 3.8) is 0 Å². The minimum Gasteiger partial charge on any atom is -0.462 e. The van der Waals surface area contributed by atoms with Crippen LogP contribution in [0, 0.1) is 17.3 Å². The van der Waals surface area contributed by atoms with Crippen LogP contribution < -0.4 is 0 Å². The van der Waals surface area contributed by atoms with Crippen molar-refractivity contribution in [2.75, 3.05) is 12.9 Å². The number of rotatable bonds is 5. The molecule has 0 unspecified atom stereocenters. The average molecular weight is 354 g/mol. The Kier molecular flexibility index (Phi) is 4.17. The number of allylic oxidation sites excluding steroid dienone is 1. The molecule has 2 atom stereocenters. The van der Waals surface area contributed by atoms with E-state index < -0.39 is 15.8 Å². The van der Waals surface area contributed by atoms with Crippen LogP contribution in [0.5, 0.6) is 0 Å². The van der Waals surface area contributed by atoms with E-state index in [4.69, 9.17) is 4.74 Å². The van der Waals surface area contributed by atoms with Crippen molar-refractivity contribution in [1.29, 1.82) is 0 Å². The molecule has 0 spiro atoms.